The zero-order valence-corrected chi connectivity index (χ0v) is 18.6. The maximum Gasteiger partial charge on any atom is 0.175 e. The first-order valence-corrected chi connectivity index (χ1v) is 12.3. The fourth-order valence-corrected chi connectivity index (χ4v) is 4.69. The van der Waals surface area contributed by atoms with Crippen LogP contribution in [0.5, 0.6) is 0 Å². The molecule has 4 aromatic rings. The van der Waals surface area contributed by atoms with Crippen LogP contribution in [0.15, 0.2) is 59.8 Å². The highest BCUT2D eigenvalue weighted by molar-refractivity contribution is 7.90. The van der Waals surface area contributed by atoms with E-state index in [0.29, 0.717) is 18.1 Å². The lowest BCUT2D eigenvalue weighted by atomic mass is 10.00. The second-order valence-corrected chi connectivity index (χ2v) is 9.98. The quantitative estimate of drug-likeness (QED) is 0.510. The molecule has 8 nitrogen and oxygen atoms in total. The maximum absolute atomic E-state index is 11.9. The first kappa shape index (κ1) is 20.6. The second-order valence-electron chi connectivity index (χ2n) is 7.97. The number of anilines is 1. The number of morpholine rings is 1. The number of fused-ring (bicyclic) bond motifs is 1. The lowest BCUT2D eigenvalue weighted by molar-refractivity contribution is 0.0986. The summed E-state index contributed by atoms with van der Waals surface area (Å²) in [5, 5.41) is 7.98. The number of hydrogen-bond acceptors (Lipinski definition) is 7. The molecule has 1 N–H and O–H groups in total. The van der Waals surface area contributed by atoms with Crippen molar-refractivity contribution in [3.05, 3.63) is 54.9 Å². The predicted molar refractivity (Wildman–Crippen MR) is 123 cm³/mol. The first-order valence-electron chi connectivity index (χ1n) is 10.4. The molecule has 164 valence electrons. The molecule has 0 unspecified atom stereocenters. The van der Waals surface area contributed by atoms with Crippen LogP contribution >= 0.6 is 0 Å². The largest absolute Gasteiger partial charge is 0.377 e. The van der Waals surface area contributed by atoms with E-state index in [-0.39, 0.29) is 6.04 Å². The Labute approximate surface area is 186 Å². The summed E-state index contributed by atoms with van der Waals surface area (Å²) in [6.45, 7) is 4.14. The third-order valence-electron chi connectivity index (χ3n) is 5.73. The molecule has 32 heavy (non-hydrogen) atoms. The van der Waals surface area contributed by atoms with Gasteiger partial charge in [0.25, 0.3) is 0 Å². The highest BCUT2D eigenvalue weighted by atomic mass is 32.2. The van der Waals surface area contributed by atoms with Crippen molar-refractivity contribution in [3.8, 4) is 22.5 Å². The summed E-state index contributed by atoms with van der Waals surface area (Å²) in [6, 6.07) is 13.0. The minimum Gasteiger partial charge on any atom is -0.377 e. The van der Waals surface area contributed by atoms with E-state index in [1.807, 2.05) is 24.3 Å². The molecular formula is C23H23N5O3S. The number of pyridine rings is 2. The van der Waals surface area contributed by atoms with Crippen molar-refractivity contribution in [1.82, 2.24) is 20.2 Å². The van der Waals surface area contributed by atoms with Gasteiger partial charge >= 0.3 is 0 Å². The van der Waals surface area contributed by atoms with Crippen LogP contribution in [0.1, 0.15) is 6.92 Å². The molecule has 3 aromatic heterocycles. The standard InChI is InChI=1S/C23H23N5O3S/c1-15-14-31-12-11-28(15)21-13-19(16-3-5-17(6-4-16)32(2,29)30)18-7-9-24-23(22(18)26-21)20-8-10-25-27-20/h3-10,13,15H,11-12,14H2,1-2H3,(H,25,27)/t15-/m1/s1. The Hall–Kier alpha value is -3.30. The van der Waals surface area contributed by atoms with E-state index in [4.69, 9.17) is 9.72 Å². The van der Waals surface area contributed by atoms with Crippen LogP contribution in [0.2, 0.25) is 0 Å². The van der Waals surface area contributed by atoms with Gasteiger partial charge in [-0.15, -0.1) is 0 Å². The minimum absolute atomic E-state index is 0.182. The van der Waals surface area contributed by atoms with Gasteiger partial charge in [-0.1, -0.05) is 12.1 Å². The van der Waals surface area contributed by atoms with Crippen molar-refractivity contribution in [2.45, 2.75) is 17.9 Å². The molecule has 1 fully saturated rings. The highest BCUT2D eigenvalue weighted by Crippen LogP contribution is 2.35. The Kier molecular flexibility index (Phi) is 5.15. The van der Waals surface area contributed by atoms with E-state index in [1.165, 1.54) is 6.26 Å². The van der Waals surface area contributed by atoms with Crippen LogP contribution in [0.3, 0.4) is 0 Å². The van der Waals surface area contributed by atoms with E-state index in [1.54, 1.807) is 24.5 Å². The van der Waals surface area contributed by atoms with Gasteiger partial charge in [-0.05, 0) is 48.4 Å². The Balaban J connectivity index is 1.75. The monoisotopic (exact) mass is 449 g/mol. The van der Waals surface area contributed by atoms with Gasteiger partial charge in [-0.2, -0.15) is 5.10 Å². The molecule has 9 heteroatoms. The van der Waals surface area contributed by atoms with Crippen LogP contribution in [-0.4, -0.2) is 60.6 Å². The average Bonchev–Trinajstić information content (AvgIpc) is 3.32. The van der Waals surface area contributed by atoms with Gasteiger partial charge in [0.1, 0.15) is 17.0 Å². The molecule has 0 spiro atoms. The minimum atomic E-state index is -3.27. The Morgan fingerprint density at radius 3 is 2.62 bits per heavy atom. The zero-order valence-electron chi connectivity index (χ0n) is 17.8. The van der Waals surface area contributed by atoms with Gasteiger partial charge in [0.15, 0.2) is 9.84 Å². The van der Waals surface area contributed by atoms with Crippen LogP contribution in [0, 0.1) is 0 Å². The summed E-state index contributed by atoms with van der Waals surface area (Å²) < 4.78 is 29.5. The van der Waals surface area contributed by atoms with Crippen molar-refractivity contribution in [3.63, 3.8) is 0 Å². The molecule has 0 bridgehead atoms. The lowest BCUT2D eigenvalue weighted by Crippen LogP contribution is -2.44. The molecule has 0 saturated carbocycles. The zero-order chi connectivity index (χ0) is 22.3. The number of sulfone groups is 1. The number of benzene rings is 1. The molecular weight excluding hydrogens is 426 g/mol. The molecule has 1 saturated heterocycles. The fraction of sp³-hybridized carbons (Fsp3) is 0.261. The van der Waals surface area contributed by atoms with Crippen molar-refractivity contribution >= 4 is 26.6 Å². The first-order chi connectivity index (χ1) is 15.4. The highest BCUT2D eigenvalue weighted by Gasteiger charge is 2.23. The number of rotatable bonds is 4. The van der Waals surface area contributed by atoms with E-state index < -0.39 is 9.84 Å². The number of aromatic amines is 1. The number of nitrogens with zero attached hydrogens (tertiary/aromatic N) is 4. The second kappa shape index (κ2) is 7.99. The number of hydrogen-bond donors (Lipinski definition) is 1. The number of H-pyrrole nitrogens is 1. The normalized spacial score (nSPS) is 17.1. The van der Waals surface area contributed by atoms with Gasteiger partial charge in [-0.3, -0.25) is 10.1 Å². The lowest BCUT2D eigenvalue weighted by Gasteiger charge is -2.34. The molecule has 4 heterocycles. The molecule has 1 aliphatic rings. The number of aromatic nitrogens is 4. The Bertz CT molecular complexity index is 1370. The van der Waals surface area contributed by atoms with Crippen LogP contribution in [0.25, 0.3) is 33.4 Å². The average molecular weight is 450 g/mol. The summed E-state index contributed by atoms with van der Waals surface area (Å²) in [6.07, 6.45) is 4.66. The van der Waals surface area contributed by atoms with Crippen LogP contribution in [0.4, 0.5) is 5.82 Å². The summed E-state index contributed by atoms with van der Waals surface area (Å²) in [4.78, 5) is 12.1. The van der Waals surface area contributed by atoms with E-state index in [9.17, 15) is 8.42 Å². The van der Waals surface area contributed by atoms with Crippen LogP contribution in [-0.2, 0) is 14.6 Å². The van der Waals surface area contributed by atoms with Crippen LogP contribution < -0.4 is 4.90 Å². The molecule has 1 atom stereocenters. The van der Waals surface area contributed by atoms with Gasteiger partial charge in [0.2, 0.25) is 0 Å². The van der Waals surface area contributed by atoms with Crippen molar-refractivity contribution in [1.29, 1.82) is 0 Å². The fourth-order valence-electron chi connectivity index (χ4n) is 4.06. The summed E-state index contributed by atoms with van der Waals surface area (Å²) >= 11 is 0. The third kappa shape index (κ3) is 3.74. The van der Waals surface area contributed by atoms with Crippen molar-refractivity contribution < 1.29 is 13.2 Å². The van der Waals surface area contributed by atoms with Crippen molar-refractivity contribution in [2.75, 3.05) is 30.9 Å². The molecule has 1 aliphatic heterocycles. The number of nitrogens with one attached hydrogen (secondary N) is 1. The molecule has 5 rings (SSSR count). The predicted octanol–water partition coefficient (Wildman–Crippen LogP) is 3.32. The number of ether oxygens (including phenoxy) is 1. The Morgan fingerprint density at radius 2 is 1.94 bits per heavy atom. The summed E-state index contributed by atoms with van der Waals surface area (Å²) in [7, 11) is -3.27. The topological polar surface area (TPSA) is 101 Å². The molecule has 1 aromatic carbocycles. The van der Waals surface area contributed by atoms with Gasteiger partial charge < -0.3 is 9.64 Å². The van der Waals surface area contributed by atoms with Gasteiger partial charge in [-0.25, -0.2) is 13.4 Å². The molecule has 0 aliphatic carbocycles. The smallest absolute Gasteiger partial charge is 0.175 e. The summed E-state index contributed by atoms with van der Waals surface area (Å²) in [5.41, 5.74) is 4.14. The van der Waals surface area contributed by atoms with Gasteiger partial charge in [0.05, 0.1) is 29.8 Å². The van der Waals surface area contributed by atoms with E-state index in [2.05, 4.69) is 33.1 Å². The third-order valence-corrected chi connectivity index (χ3v) is 6.85. The summed E-state index contributed by atoms with van der Waals surface area (Å²) in [5.74, 6) is 0.837. The van der Waals surface area contributed by atoms with E-state index >= 15 is 0 Å². The van der Waals surface area contributed by atoms with Gasteiger partial charge in [0, 0.05) is 30.6 Å². The Morgan fingerprint density at radius 1 is 1.12 bits per heavy atom. The molecule has 0 radical (unpaired) electrons. The maximum atomic E-state index is 11.9. The molecule has 0 amide bonds. The van der Waals surface area contributed by atoms with Crippen molar-refractivity contribution in [2.24, 2.45) is 0 Å². The van der Waals surface area contributed by atoms with E-state index in [0.717, 1.165) is 45.8 Å². The SMILES string of the molecule is C[C@@H]1COCCN1c1cc(-c2ccc(S(C)(=O)=O)cc2)c2ccnc(-c3ccn[nH]3)c2n1.